The molecule has 0 atom stereocenters. The highest BCUT2D eigenvalue weighted by atomic mass is 16.5. The smallest absolute Gasteiger partial charge is 0.126 e. The first-order valence-corrected chi connectivity index (χ1v) is 3.85. The highest BCUT2D eigenvalue weighted by Gasteiger charge is 1.91. The lowest BCUT2D eigenvalue weighted by Crippen LogP contribution is -1.84. The molecule has 0 saturated heterocycles. The van der Waals surface area contributed by atoms with Crippen LogP contribution in [0.3, 0.4) is 0 Å². The quantitative estimate of drug-likeness (QED) is 0.665. The van der Waals surface area contributed by atoms with E-state index in [2.05, 4.69) is 4.74 Å². The number of hydrogen-bond donors (Lipinski definition) is 0. The molecule has 0 N–H and O–H groups in total. The lowest BCUT2D eigenvalue weighted by Gasteiger charge is -2.01. The normalized spacial score (nSPS) is 10.0. The van der Waals surface area contributed by atoms with Crippen LogP contribution >= 0.6 is 0 Å². The number of ether oxygens (including phenoxy) is 3. The number of methoxy groups -OCH3 is 2. The lowest BCUT2D eigenvalue weighted by molar-refractivity contribution is 0.319. The second kappa shape index (κ2) is 5.09. The SMILES string of the molecule is CO/C=C/Oc1ccc(OC)cc1. The van der Waals surface area contributed by atoms with Crippen molar-refractivity contribution in [1.29, 1.82) is 0 Å². The van der Waals surface area contributed by atoms with Crippen LogP contribution in [-0.2, 0) is 4.74 Å². The summed E-state index contributed by atoms with van der Waals surface area (Å²) in [5.74, 6) is 1.55. The Morgan fingerprint density at radius 1 is 0.923 bits per heavy atom. The molecule has 0 aromatic heterocycles. The van der Waals surface area contributed by atoms with Gasteiger partial charge in [-0.25, -0.2) is 0 Å². The predicted octanol–water partition coefficient (Wildman–Crippen LogP) is 2.19. The molecule has 13 heavy (non-hydrogen) atoms. The van der Waals surface area contributed by atoms with Crippen LogP contribution in [0.2, 0.25) is 0 Å². The molecule has 0 aliphatic heterocycles. The van der Waals surface area contributed by atoms with Crippen molar-refractivity contribution in [1.82, 2.24) is 0 Å². The molecule has 0 amide bonds. The number of hydrogen-bond acceptors (Lipinski definition) is 3. The van der Waals surface area contributed by atoms with Gasteiger partial charge in [-0.05, 0) is 24.3 Å². The Bertz CT molecular complexity index is 264. The van der Waals surface area contributed by atoms with Crippen molar-refractivity contribution >= 4 is 0 Å². The zero-order valence-electron chi connectivity index (χ0n) is 7.69. The summed E-state index contributed by atoms with van der Waals surface area (Å²) in [6, 6.07) is 7.30. The molecule has 0 bridgehead atoms. The largest absolute Gasteiger partial charge is 0.501 e. The van der Waals surface area contributed by atoms with Crippen LogP contribution in [0.1, 0.15) is 0 Å². The third kappa shape index (κ3) is 3.07. The van der Waals surface area contributed by atoms with Crippen molar-refractivity contribution in [3.63, 3.8) is 0 Å². The van der Waals surface area contributed by atoms with E-state index in [0.29, 0.717) is 0 Å². The Morgan fingerprint density at radius 2 is 1.54 bits per heavy atom. The molecule has 0 aliphatic rings. The molecule has 3 nitrogen and oxygen atoms in total. The Labute approximate surface area is 77.5 Å². The summed E-state index contributed by atoms with van der Waals surface area (Å²) in [5, 5.41) is 0. The molecule has 0 unspecified atom stereocenters. The average Bonchev–Trinajstić information content (AvgIpc) is 2.19. The fourth-order valence-electron chi connectivity index (χ4n) is 0.816. The van der Waals surface area contributed by atoms with Crippen molar-refractivity contribution in [2.24, 2.45) is 0 Å². The van der Waals surface area contributed by atoms with Crippen molar-refractivity contribution in [3.8, 4) is 11.5 Å². The molecule has 0 saturated carbocycles. The minimum absolute atomic E-state index is 0.745. The summed E-state index contributed by atoms with van der Waals surface area (Å²) < 4.78 is 14.9. The zero-order valence-corrected chi connectivity index (χ0v) is 7.69. The van der Waals surface area contributed by atoms with Gasteiger partial charge in [-0.2, -0.15) is 0 Å². The van der Waals surface area contributed by atoms with Crippen LogP contribution in [0, 0.1) is 0 Å². The standard InChI is InChI=1S/C10H12O3/c1-11-7-8-13-10-5-3-9(12-2)4-6-10/h3-8H,1-2H3/b8-7+. The molecule has 3 heteroatoms. The van der Waals surface area contributed by atoms with E-state index >= 15 is 0 Å². The third-order valence-electron chi connectivity index (χ3n) is 1.46. The van der Waals surface area contributed by atoms with Crippen LogP contribution in [0.15, 0.2) is 36.8 Å². The van der Waals surface area contributed by atoms with Gasteiger partial charge in [0.2, 0.25) is 0 Å². The molecule has 1 aromatic rings. The van der Waals surface area contributed by atoms with Gasteiger partial charge in [0.05, 0.1) is 14.2 Å². The van der Waals surface area contributed by atoms with E-state index in [0.717, 1.165) is 11.5 Å². The highest BCUT2D eigenvalue weighted by molar-refractivity contribution is 5.31. The van der Waals surface area contributed by atoms with Crippen molar-refractivity contribution < 1.29 is 14.2 Å². The van der Waals surface area contributed by atoms with Crippen molar-refractivity contribution in [3.05, 3.63) is 36.8 Å². The van der Waals surface area contributed by atoms with Gasteiger partial charge in [-0.1, -0.05) is 0 Å². The van der Waals surface area contributed by atoms with Crippen LogP contribution < -0.4 is 9.47 Å². The minimum atomic E-state index is 0.745. The van der Waals surface area contributed by atoms with Gasteiger partial charge in [-0.15, -0.1) is 0 Å². The maximum atomic E-state index is 5.18. The minimum Gasteiger partial charge on any atom is -0.501 e. The zero-order chi connectivity index (χ0) is 9.52. The first-order valence-electron chi connectivity index (χ1n) is 3.85. The molecule has 1 aromatic carbocycles. The van der Waals surface area contributed by atoms with E-state index in [1.54, 1.807) is 14.2 Å². The first-order chi connectivity index (χ1) is 6.36. The van der Waals surface area contributed by atoms with E-state index in [9.17, 15) is 0 Å². The molecular formula is C10H12O3. The maximum absolute atomic E-state index is 5.18. The summed E-state index contributed by atoms with van der Waals surface area (Å²) in [6.07, 6.45) is 2.94. The van der Waals surface area contributed by atoms with Crippen LogP contribution in [0.5, 0.6) is 11.5 Å². The molecule has 0 fully saturated rings. The molecular weight excluding hydrogens is 168 g/mol. The van der Waals surface area contributed by atoms with Gasteiger partial charge in [0.15, 0.2) is 0 Å². The monoisotopic (exact) mass is 180 g/mol. The second-order valence-electron chi connectivity index (χ2n) is 2.30. The molecule has 0 radical (unpaired) electrons. The van der Waals surface area contributed by atoms with Gasteiger partial charge in [0.25, 0.3) is 0 Å². The van der Waals surface area contributed by atoms with Crippen LogP contribution in [0.4, 0.5) is 0 Å². The van der Waals surface area contributed by atoms with Gasteiger partial charge >= 0.3 is 0 Å². The molecule has 0 aliphatic carbocycles. The number of benzene rings is 1. The Hall–Kier alpha value is -1.64. The summed E-state index contributed by atoms with van der Waals surface area (Å²) in [4.78, 5) is 0. The van der Waals surface area contributed by atoms with E-state index in [-0.39, 0.29) is 0 Å². The van der Waals surface area contributed by atoms with Crippen molar-refractivity contribution in [2.75, 3.05) is 14.2 Å². The fourth-order valence-corrected chi connectivity index (χ4v) is 0.816. The molecule has 1 rings (SSSR count). The second-order valence-corrected chi connectivity index (χ2v) is 2.30. The van der Waals surface area contributed by atoms with E-state index in [1.807, 2.05) is 24.3 Å². The fraction of sp³-hybridized carbons (Fsp3) is 0.200. The Balaban J connectivity index is 2.54. The van der Waals surface area contributed by atoms with Crippen LogP contribution in [-0.4, -0.2) is 14.2 Å². The predicted molar refractivity (Wildman–Crippen MR) is 49.8 cm³/mol. The Kier molecular flexibility index (Phi) is 3.70. The summed E-state index contributed by atoms with van der Waals surface area (Å²) >= 11 is 0. The summed E-state index contributed by atoms with van der Waals surface area (Å²) in [6.45, 7) is 0. The molecule has 70 valence electrons. The highest BCUT2D eigenvalue weighted by Crippen LogP contribution is 2.16. The summed E-state index contributed by atoms with van der Waals surface area (Å²) in [7, 11) is 3.19. The van der Waals surface area contributed by atoms with E-state index < -0.39 is 0 Å². The topological polar surface area (TPSA) is 27.7 Å². The van der Waals surface area contributed by atoms with Gasteiger partial charge in [0, 0.05) is 0 Å². The van der Waals surface area contributed by atoms with Gasteiger partial charge < -0.3 is 14.2 Å². The van der Waals surface area contributed by atoms with Crippen LogP contribution in [0.25, 0.3) is 0 Å². The van der Waals surface area contributed by atoms with Gasteiger partial charge in [0.1, 0.15) is 24.0 Å². The lowest BCUT2D eigenvalue weighted by atomic mass is 10.3. The molecule has 0 spiro atoms. The van der Waals surface area contributed by atoms with E-state index in [1.165, 1.54) is 12.5 Å². The van der Waals surface area contributed by atoms with E-state index in [4.69, 9.17) is 9.47 Å². The number of rotatable bonds is 4. The van der Waals surface area contributed by atoms with Crippen molar-refractivity contribution in [2.45, 2.75) is 0 Å². The average molecular weight is 180 g/mol. The molecule has 0 heterocycles. The maximum Gasteiger partial charge on any atom is 0.126 e. The third-order valence-corrected chi connectivity index (χ3v) is 1.46. The first kappa shape index (κ1) is 9.45. The summed E-state index contributed by atoms with van der Waals surface area (Å²) in [5.41, 5.74) is 0. The Morgan fingerprint density at radius 3 is 2.08 bits per heavy atom. The van der Waals surface area contributed by atoms with Gasteiger partial charge in [-0.3, -0.25) is 0 Å².